The smallest absolute Gasteiger partial charge is 0.186 e. The van der Waals surface area contributed by atoms with Gasteiger partial charge in [-0.05, 0) is 65.5 Å². The fraction of sp³-hybridized carbons (Fsp3) is 0.400. The molecule has 0 saturated heterocycles. The minimum atomic E-state index is -1.02. The minimum absolute atomic E-state index is 0.173. The summed E-state index contributed by atoms with van der Waals surface area (Å²) in [5.41, 5.74) is 4.78. The third kappa shape index (κ3) is 10.2. The summed E-state index contributed by atoms with van der Waals surface area (Å²) in [6.45, 7) is 10.8. The largest absolute Gasteiger partial charge is 0.298 e. The number of hydroxylamine groups is 2. The molecule has 0 saturated carbocycles. The lowest BCUT2D eigenvalue weighted by molar-refractivity contribution is -0.133. The Balaban J connectivity index is 2.46. The molecule has 0 radical (unpaired) electrons. The molecule has 0 amide bonds. The highest BCUT2D eigenvalue weighted by Gasteiger charge is 2.32. The van der Waals surface area contributed by atoms with Crippen LogP contribution in [0.15, 0.2) is 71.8 Å². The van der Waals surface area contributed by atoms with E-state index in [2.05, 4.69) is 11.0 Å². The molecule has 0 unspecified atom stereocenters. The molecule has 2 N–H and O–H groups in total. The lowest BCUT2D eigenvalue weighted by atomic mass is 9.91. The van der Waals surface area contributed by atoms with Crippen LogP contribution in [0.4, 0.5) is 0 Å². The molecule has 204 valence electrons. The van der Waals surface area contributed by atoms with Crippen molar-refractivity contribution in [3.63, 3.8) is 0 Å². The number of hydrogen-bond acceptors (Lipinski definition) is 8. The SMILES string of the molecule is CC(C)(C)ON[C@@H](Cc1ccccc1)C(=O)/C(C=O)=C(/C=O)C(=O)[C@H](Cc1ccccc1)NOC(C)(C)C. The van der Waals surface area contributed by atoms with E-state index in [0.29, 0.717) is 0 Å². The fourth-order valence-corrected chi connectivity index (χ4v) is 3.46. The highest BCUT2D eigenvalue weighted by Crippen LogP contribution is 2.16. The maximum atomic E-state index is 13.6. The number of ketones is 2. The number of hydrogen-bond donors (Lipinski definition) is 2. The number of benzene rings is 2. The van der Waals surface area contributed by atoms with Crippen molar-refractivity contribution in [1.29, 1.82) is 0 Å². The van der Waals surface area contributed by atoms with Gasteiger partial charge in [0.2, 0.25) is 0 Å². The maximum Gasteiger partial charge on any atom is 0.186 e. The summed E-state index contributed by atoms with van der Waals surface area (Å²) in [4.78, 5) is 62.9. The first kappa shape index (κ1) is 30.9. The second-order valence-electron chi connectivity index (χ2n) is 10.9. The Bertz CT molecular complexity index is 1030. The number of aldehydes is 2. The van der Waals surface area contributed by atoms with E-state index in [1.54, 1.807) is 41.5 Å². The molecule has 0 aromatic heterocycles. The summed E-state index contributed by atoms with van der Waals surface area (Å²) in [7, 11) is 0. The van der Waals surface area contributed by atoms with Gasteiger partial charge < -0.3 is 0 Å². The zero-order chi connectivity index (χ0) is 28.3. The van der Waals surface area contributed by atoms with Gasteiger partial charge in [0.25, 0.3) is 0 Å². The van der Waals surface area contributed by atoms with E-state index in [1.165, 1.54) is 0 Å². The lowest BCUT2D eigenvalue weighted by Crippen LogP contribution is -2.46. The Labute approximate surface area is 224 Å². The summed E-state index contributed by atoms with van der Waals surface area (Å²) >= 11 is 0. The number of nitrogens with one attached hydrogen (secondary N) is 2. The van der Waals surface area contributed by atoms with Crippen molar-refractivity contribution in [3.8, 4) is 0 Å². The maximum absolute atomic E-state index is 13.6. The van der Waals surface area contributed by atoms with Gasteiger partial charge in [0.05, 0.1) is 34.4 Å². The molecule has 0 aliphatic heterocycles. The van der Waals surface area contributed by atoms with E-state index in [1.807, 2.05) is 60.7 Å². The predicted octanol–water partition coefficient (Wildman–Crippen LogP) is 3.68. The van der Waals surface area contributed by atoms with Gasteiger partial charge in [-0.25, -0.2) is 0 Å². The van der Waals surface area contributed by atoms with Crippen LogP contribution in [-0.4, -0.2) is 47.4 Å². The van der Waals surface area contributed by atoms with Crippen LogP contribution < -0.4 is 11.0 Å². The zero-order valence-electron chi connectivity index (χ0n) is 22.9. The molecule has 2 rings (SSSR count). The molecule has 0 fully saturated rings. The van der Waals surface area contributed by atoms with Crippen LogP contribution in [0.5, 0.6) is 0 Å². The van der Waals surface area contributed by atoms with Crippen LogP contribution in [0.1, 0.15) is 52.7 Å². The summed E-state index contributed by atoms with van der Waals surface area (Å²) in [6.07, 6.45) is 0.855. The molecule has 0 aliphatic rings. The van der Waals surface area contributed by atoms with Gasteiger partial charge >= 0.3 is 0 Å². The number of rotatable bonds is 14. The van der Waals surface area contributed by atoms with Crippen molar-refractivity contribution in [2.45, 2.75) is 77.7 Å². The van der Waals surface area contributed by atoms with Crippen LogP contribution >= 0.6 is 0 Å². The monoisotopic (exact) mass is 522 g/mol. The van der Waals surface area contributed by atoms with Crippen LogP contribution in [0.2, 0.25) is 0 Å². The molecule has 38 heavy (non-hydrogen) atoms. The van der Waals surface area contributed by atoms with Gasteiger partial charge in [-0.2, -0.15) is 11.0 Å². The average Bonchev–Trinajstić information content (AvgIpc) is 2.86. The average molecular weight is 523 g/mol. The lowest BCUT2D eigenvalue weighted by Gasteiger charge is -2.26. The summed E-state index contributed by atoms with van der Waals surface area (Å²) in [6, 6.07) is 16.3. The standard InChI is InChI=1S/C30H38N2O6/c1-29(2,3)37-31-25(17-21-13-9-7-10-14-21)27(35)23(19-33)24(20-34)28(36)26(32-38-30(4,5)6)18-22-15-11-8-12-16-22/h7-16,19-20,25-26,31-32H,17-18H2,1-6H3/b24-23-/t25-,26-/m0/s1. The van der Waals surface area contributed by atoms with Crippen LogP contribution in [0, 0.1) is 0 Å². The van der Waals surface area contributed by atoms with Crippen molar-refractivity contribution in [1.82, 2.24) is 11.0 Å². The Hall–Kier alpha value is -3.30. The van der Waals surface area contributed by atoms with E-state index in [4.69, 9.17) is 9.68 Å². The Kier molecular flexibility index (Phi) is 11.4. The second kappa shape index (κ2) is 14.0. The number of carbonyl (C=O) groups is 4. The van der Waals surface area contributed by atoms with E-state index in [0.717, 1.165) is 11.1 Å². The van der Waals surface area contributed by atoms with Crippen LogP contribution in [0.25, 0.3) is 0 Å². The quantitative estimate of drug-likeness (QED) is 0.127. The highest BCUT2D eigenvalue weighted by molar-refractivity contribution is 6.27. The van der Waals surface area contributed by atoms with Gasteiger partial charge in [0, 0.05) is 0 Å². The van der Waals surface area contributed by atoms with Gasteiger partial charge in [0.1, 0.15) is 0 Å². The molecule has 0 bridgehead atoms. The molecule has 8 heteroatoms. The summed E-state index contributed by atoms with van der Waals surface area (Å²) in [5, 5.41) is 0. The van der Waals surface area contributed by atoms with E-state index in [-0.39, 0.29) is 25.4 Å². The normalized spacial score (nSPS) is 14.3. The third-order valence-corrected chi connectivity index (χ3v) is 5.27. The molecular formula is C30H38N2O6. The zero-order valence-corrected chi connectivity index (χ0v) is 22.9. The van der Waals surface area contributed by atoms with Crippen molar-refractivity contribution >= 4 is 24.1 Å². The highest BCUT2D eigenvalue weighted by atomic mass is 16.7. The molecule has 2 atom stereocenters. The van der Waals surface area contributed by atoms with Crippen molar-refractivity contribution in [3.05, 3.63) is 82.9 Å². The summed E-state index contributed by atoms with van der Waals surface area (Å²) < 4.78 is 0. The van der Waals surface area contributed by atoms with E-state index >= 15 is 0 Å². The Morgan fingerprint density at radius 3 is 1.24 bits per heavy atom. The second-order valence-corrected chi connectivity index (χ2v) is 10.9. The molecule has 0 spiro atoms. The van der Waals surface area contributed by atoms with Gasteiger partial charge in [-0.15, -0.1) is 0 Å². The molecule has 8 nitrogen and oxygen atoms in total. The van der Waals surface area contributed by atoms with Crippen molar-refractivity contribution in [2.75, 3.05) is 0 Å². The van der Waals surface area contributed by atoms with Gasteiger partial charge in [-0.1, -0.05) is 60.7 Å². The number of carbonyl (C=O) groups excluding carboxylic acids is 4. The first-order valence-corrected chi connectivity index (χ1v) is 12.5. The van der Waals surface area contributed by atoms with Crippen molar-refractivity contribution in [2.24, 2.45) is 0 Å². The van der Waals surface area contributed by atoms with E-state index < -0.39 is 46.0 Å². The molecule has 2 aromatic rings. The number of Topliss-reactive ketones (excluding diaryl/α,β-unsaturated/α-hetero) is 2. The van der Waals surface area contributed by atoms with E-state index in [9.17, 15) is 19.2 Å². The molecular weight excluding hydrogens is 484 g/mol. The minimum Gasteiger partial charge on any atom is -0.298 e. The molecule has 0 heterocycles. The summed E-state index contributed by atoms with van der Waals surface area (Å²) in [5.74, 6) is -1.45. The van der Waals surface area contributed by atoms with Crippen molar-refractivity contribution < 1.29 is 28.9 Å². The van der Waals surface area contributed by atoms with Crippen LogP contribution in [-0.2, 0) is 41.7 Å². The van der Waals surface area contributed by atoms with Gasteiger partial charge in [0.15, 0.2) is 24.1 Å². The predicted molar refractivity (Wildman–Crippen MR) is 145 cm³/mol. The molecule has 2 aromatic carbocycles. The first-order valence-electron chi connectivity index (χ1n) is 12.5. The third-order valence-electron chi connectivity index (χ3n) is 5.27. The van der Waals surface area contributed by atoms with Gasteiger partial charge in [-0.3, -0.25) is 28.9 Å². The fourth-order valence-electron chi connectivity index (χ4n) is 3.46. The first-order chi connectivity index (χ1) is 17.8. The Morgan fingerprint density at radius 2 is 0.974 bits per heavy atom. The van der Waals surface area contributed by atoms with Crippen LogP contribution in [0.3, 0.4) is 0 Å². The Morgan fingerprint density at radius 1 is 0.658 bits per heavy atom. The topological polar surface area (TPSA) is 111 Å². The molecule has 0 aliphatic carbocycles.